The molecule has 3 rings (SSSR count). The molecule has 0 aromatic carbocycles. The van der Waals surface area contributed by atoms with Crippen molar-refractivity contribution in [3.8, 4) is 0 Å². The number of hydrogen-bond acceptors (Lipinski definition) is 7. The van der Waals surface area contributed by atoms with Crippen molar-refractivity contribution in [3.63, 3.8) is 0 Å². The highest BCUT2D eigenvalue weighted by Crippen LogP contribution is 2.44. The maximum Gasteiger partial charge on any atom is 0.396 e. The van der Waals surface area contributed by atoms with Gasteiger partial charge in [-0.25, -0.2) is 9.98 Å². The lowest BCUT2D eigenvalue weighted by atomic mass is 9.90. The van der Waals surface area contributed by atoms with Gasteiger partial charge in [0.2, 0.25) is 0 Å². The lowest BCUT2D eigenvalue weighted by Crippen LogP contribution is -2.45. The first-order chi connectivity index (χ1) is 16.5. The third kappa shape index (κ3) is 6.84. The Kier molecular flexibility index (Phi) is 7.90. The van der Waals surface area contributed by atoms with Crippen LogP contribution < -0.4 is 16.4 Å². The average Bonchev–Trinajstić information content (AvgIpc) is 3.36. The second kappa shape index (κ2) is 10.1. The molecule has 1 saturated heterocycles. The molecule has 0 saturated carbocycles. The first-order valence-electron chi connectivity index (χ1n) is 12.0. The standard InChI is InChI=1S/C24H35F3N6O2S/c1-13-8-7-9-33(13)21(35)17-18(36-20(31-17)19(34)30-12-23(5,6)28)14-11-29-16(32-22(2,3)4)10-15(14)24(25,26)27/h11,13,15H,7-10,12,28H2,1-6H3,(H,29,32)(H,30,34)/t13-,15?/m0/s1. The van der Waals surface area contributed by atoms with Gasteiger partial charge in [-0.2, -0.15) is 13.2 Å². The zero-order chi connectivity index (χ0) is 27.1. The summed E-state index contributed by atoms with van der Waals surface area (Å²) in [6.45, 7) is 11.5. The van der Waals surface area contributed by atoms with Gasteiger partial charge < -0.3 is 21.3 Å². The Labute approximate surface area is 213 Å². The number of nitrogens with two attached hydrogens (primary N) is 1. The number of amidine groups is 1. The minimum Gasteiger partial charge on any atom is -0.369 e. The second-order valence-corrected chi connectivity index (χ2v) is 12.2. The topological polar surface area (TPSA) is 113 Å². The molecule has 2 amide bonds. The van der Waals surface area contributed by atoms with E-state index in [1.807, 2.05) is 27.7 Å². The van der Waals surface area contributed by atoms with Gasteiger partial charge in [0.05, 0.1) is 10.8 Å². The van der Waals surface area contributed by atoms with E-state index in [9.17, 15) is 22.8 Å². The molecule has 1 aromatic rings. The zero-order valence-corrected chi connectivity index (χ0v) is 22.4. The molecule has 8 nitrogen and oxygen atoms in total. The van der Waals surface area contributed by atoms with Gasteiger partial charge in [-0.05, 0) is 54.4 Å². The van der Waals surface area contributed by atoms with Crippen LogP contribution in [0.1, 0.15) is 86.0 Å². The molecule has 0 radical (unpaired) electrons. The molecule has 0 bridgehead atoms. The molecule has 1 unspecified atom stereocenters. The lowest BCUT2D eigenvalue weighted by molar-refractivity contribution is -0.156. The molecule has 36 heavy (non-hydrogen) atoms. The summed E-state index contributed by atoms with van der Waals surface area (Å²) in [7, 11) is 0. The van der Waals surface area contributed by atoms with Crippen LogP contribution in [-0.2, 0) is 0 Å². The zero-order valence-electron chi connectivity index (χ0n) is 21.5. The first kappa shape index (κ1) is 28.1. The summed E-state index contributed by atoms with van der Waals surface area (Å²) < 4.78 is 42.8. The number of rotatable bonds is 5. The van der Waals surface area contributed by atoms with Gasteiger partial charge in [-0.1, -0.05) is 0 Å². The van der Waals surface area contributed by atoms with Crippen LogP contribution in [0.2, 0.25) is 0 Å². The Morgan fingerprint density at radius 1 is 1.22 bits per heavy atom. The summed E-state index contributed by atoms with van der Waals surface area (Å²) in [4.78, 5) is 36.4. The maximum absolute atomic E-state index is 14.3. The van der Waals surface area contributed by atoms with Crippen molar-refractivity contribution < 1.29 is 22.8 Å². The van der Waals surface area contributed by atoms with Crippen molar-refractivity contribution in [1.82, 2.24) is 20.5 Å². The summed E-state index contributed by atoms with van der Waals surface area (Å²) in [5.74, 6) is -2.76. The quantitative estimate of drug-likeness (QED) is 0.536. The van der Waals surface area contributed by atoms with E-state index in [1.165, 1.54) is 0 Å². The van der Waals surface area contributed by atoms with E-state index in [1.54, 1.807) is 18.7 Å². The lowest BCUT2D eigenvalue weighted by Gasteiger charge is -2.30. The molecule has 2 atom stereocenters. The maximum atomic E-state index is 14.3. The normalized spacial score (nSPS) is 21.2. The Balaban J connectivity index is 2.08. The first-order valence-corrected chi connectivity index (χ1v) is 12.8. The number of nitrogens with one attached hydrogen (secondary N) is 2. The van der Waals surface area contributed by atoms with Crippen LogP contribution in [0.15, 0.2) is 11.2 Å². The minimum atomic E-state index is -4.59. The van der Waals surface area contributed by atoms with E-state index >= 15 is 0 Å². The third-order valence-electron chi connectivity index (χ3n) is 5.85. The van der Waals surface area contributed by atoms with Gasteiger partial charge in [0, 0.05) is 48.4 Å². The SMILES string of the molecule is C[C@H]1CCCN1C(=O)c1nc(C(=O)NCC(C)(C)N)sc1C1=CN=C(NC(C)(C)C)CC1C(F)(F)F. The molecule has 1 aromatic heterocycles. The molecule has 0 aliphatic carbocycles. The van der Waals surface area contributed by atoms with Crippen LogP contribution in [-0.4, -0.2) is 63.9 Å². The highest BCUT2D eigenvalue weighted by molar-refractivity contribution is 7.15. The summed E-state index contributed by atoms with van der Waals surface area (Å²) in [6, 6.07) is -0.0678. The highest BCUT2D eigenvalue weighted by atomic mass is 32.1. The molecule has 1 fully saturated rings. The summed E-state index contributed by atoms with van der Waals surface area (Å²) >= 11 is 0.778. The summed E-state index contributed by atoms with van der Waals surface area (Å²) in [5.41, 5.74) is 4.46. The van der Waals surface area contributed by atoms with Crippen LogP contribution in [0.3, 0.4) is 0 Å². The summed E-state index contributed by atoms with van der Waals surface area (Å²) in [5, 5.41) is 5.58. The molecule has 12 heteroatoms. The van der Waals surface area contributed by atoms with Crippen LogP contribution in [0.4, 0.5) is 13.2 Å². The molecule has 4 N–H and O–H groups in total. The van der Waals surface area contributed by atoms with Crippen molar-refractivity contribution in [2.75, 3.05) is 13.1 Å². The Bertz CT molecular complexity index is 1070. The number of nitrogens with zero attached hydrogens (tertiary/aromatic N) is 3. The third-order valence-corrected chi connectivity index (χ3v) is 6.95. The largest absolute Gasteiger partial charge is 0.396 e. The number of aliphatic imine (C=N–C) groups is 1. The van der Waals surface area contributed by atoms with E-state index in [0.29, 0.717) is 6.54 Å². The summed E-state index contributed by atoms with van der Waals surface area (Å²) in [6.07, 6.45) is -2.25. The predicted octanol–water partition coefficient (Wildman–Crippen LogP) is 3.94. The van der Waals surface area contributed by atoms with Crippen molar-refractivity contribution in [1.29, 1.82) is 0 Å². The van der Waals surface area contributed by atoms with Crippen LogP contribution in [0.25, 0.3) is 5.57 Å². The number of hydrogen-bond donors (Lipinski definition) is 3. The van der Waals surface area contributed by atoms with Gasteiger partial charge in [0.1, 0.15) is 11.5 Å². The number of alkyl halides is 3. The number of thiazole rings is 1. The van der Waals surface area contributed by atoms with Gasteiger partial charge in [0.25, 0.3) is 11.8 Å². The van der Waals surface area contributed by atoms with Crippen molar-refractivity contribution in [3.05, 3.63) is 21.8 Å². The van der Waals surface area contributed by atoms with Gasteiger partial charge in [0.15, 0.2) is 5.01 Å². The molecule has 2 aliphatic rings. The monoisotopic (exact) mass is 528 g/mol. The molecule has 3 heterocycles. The number of allylic oxidation sites excluding steroid dienone is 1. The van der Waals surface area contributed by atoms with E-state index in [2.05, 4.69) is 20.6 Å². The van der Waals surface area contributed by atoms with Gasteiger partial charge in [-0.3, -0.25) is 9.59 Å². The van der Waals surface area contributed by atoms with Crippen LogP contribution in [0.5, 0.6) is 0 Å². The molecule has 2 aliphatic heterocycles. The van der Waals surface area contributed by atoms with Crippen molar-refractivity contribution in [2.45, 2.75) is 84.1 Å². The number of carbonyl (C=O) groups excluding carboxylic acids is 2. The molecule has 0 spiro atoms. The Morgan fingerprint density at radius 3 is 2.42 bits per heavy atom. The highest BCUT2D eigenvalue weighted by Gasteiger charge is 2.46. The number of likely N-dealkylation sites (tertiary alicyclic amines) is 1. The Hall–Kier alpha value is -2.47. The van der Waals surface area contributed by atoms with Crippen molar-refractivity contribution >= 4 is 34.6 Å². The number of aromatic nitrogens is 1. The minimum absolute atomic E-state index is 0.0251. The second-order valence-electron chi connectivity index (χ2n) is 11.2. The fourth-order valence-corrected chi connectivity index (χ4v) is 5.17. The molecular formula is C24H35F3N6O2S. The molecule has 200 valence electrons. The van der Waals surface area contributed by atoms with E-state index in [0.717, 1.165) is 30.4 Å². The van der Waals surface area contributed by atoms with Crippen molar-refractivity contribution in [2.24, 2.45) is 16.6 Å². The van der Waals surface area contributed by atoms with Gasteiger partial charge >= 0.3 is 6.18 Å². The Morgan fingerprint density at radius 2 is 1.89 bits per heavy atom. The fraction of sp³-hybridized carbons (Fsp3) is 0.667. The number of amides is 2. The van der Waals surface area contributed by atoms with Gasteiger partial charge in [-0.15, -0.1) is 11.3 Å². The smallest absolute Gasteiger partial charge is 0.369 e. The number of carbonyl (C=O) groups is 2. The van der Waals surface area contributed by atoms with Crippen LogP contribution >= 0.6 is 11.3 Å². The fourth-order valence-electron chi connectivity index (χ4n) is 4.13. The van der Waals surface area contributed by atoms with E-state index in [-0.39, 0.29) is 39.6 Å². The van der Waals surface area contributed by atoms with Crippen LogP contribution in [0, 0.1) is 5.92 Å². The van der Waals surface area contributed by atoms with E-state index < -0.39 is 41.4 Å². The van der Waals surface area contributed by atoms with E-state index in [4.69, 9.17) is 5.73 Å². The molecular weight excluding hydrogens is 493 g/mol. The number of halogens is 3. The average molecular weight is 529 g/mol. The predicted molar refractivity (Wildman–Crippen MR) is 135 cm³/mol.